The van der Waals surface area contributed by atoms with Gasteiger partial charge in [-0.05, 0) is 37.1 Å². The Morgan fingerprint density at radius 2 is 1.77 bits per heavy atom. The molecule has 1 aliphatic rings. The highest BCUT2D eigenvalue weighted by molar-refractivity contribution is 5.89. The van der Waals surface area contributed by atoms with Crippen LogP contribution in [0.5, 0.6) is 0 Å². The molecule has 0 spiro atoms. The third-order valence-electron chi connectivity index (χ3n) is 6.44. The van der Waals surface area contributed by atoms with E-state index in [4.69, 9.17) is 9.72 Å². The molecule has 0 bridgehead atoms. The Morgan fingerprint density at radius 3 is 2.57 bits per heavy atom. The number of morpholine rings is 1. The predicted molar refractivity (Wildman–Crippen MR) is 134 cm³/mol. The van der Waals surface area contributed by atoms with Gasteiger partial charge < -0.3 is 4.74 Å². The van der Waals surface area contributed by atoms with Gasteiger partial charge in [0.15, 0.2) is 5.65 Å². The van der Waals surface area contributed by atoms with Crippen LogP contribution in [-0.4, -0.2) is 64.1 Å². The van der Waals surface area contributed by atoms with Crippen molar-refractivity contribution in [2.24, 2.45) is 7.05 Å². The zero-order chi connectivity index (χ0) is 23.4. The van der Waals surface area contributed by atoms with Gasteiger partial charge in [-0.15, -0.1) is 0 Å². The zero-order valence-electron chi connectivity index (χ0n) is 19.4. The maximum Gasteiger partial charge on any atom is 0.352 e. The van der Waals surface area contributed by atoms with Gasteiger partial charge in [-0.1, -0.05) is 19.6 Å². The van der Waals surface area contributed by atoms with E-state index in [1.807, 2.05) is 36.3 Å². The summed E-state index contributed by atoms with van der Waals surface area (Å²) in [5, 5.41) is 10.4. The van der Waals surface area contributed by atoms with Crippen LogP contribution in [0.4, 0.5) is 0 Å². The van der Waals surface area contributed by atoms with E-state index in [2.05, 4.69) is 46.1 Å². The SMILES string of the molecule is C.C[C@@H]1CN(Cc2cnc3c(c2)c2ncnn2c(=O)n3Cc2ccc3cnn(C)c3c2)C[C@H](C)O1. The van der Waals surface area contributed by atoms with Crippen LogP contribution in [0.25, 0.3) is 27.6 Å². The lowest BCUT2D eigenvalue weighted by atomic mass is 10.1. The minimum Gasteiger partial charge on any atom is -0.373 e. The van der Waals surface area contributed by atoms with Gasteiger partial charge in [-0.25, -0.2) is 14.8 Å². The summed E-state index contributed by atoms with van der Waals surface area (Å²) in [6.45, 7) is 7.08. The molecule has 4 aromatic heterocycles. The fraction of sp³-hybridized carbons (Fsp3) is 0.400. The molecular formula is C25H30N8O2. The minimum absolute atomic E-state index is 0. The maximum atomic E-state index is 13.3. The molecule has 0 N–H and O–H groups in total. The number of fused-ring (bicyclic) bond motifs is 4. The van der Waals surface area contributed by atoms with Crippen molar-refractivity contribution in [3.63, 3.8) is 0 Å². The van der Waals surface area contributed by atoms with Crippen molar-refractivity contribution in [1.82, 2.24) is 38.8 Å². The molecule has 182 valence electrons. The van der Waals surface area contributed by atoms with E-state index in [1.54, 1.807) is 4.57 Å². The van der Waals surface area contributed by atoms with Gasteiger partial charge in [0.1, 0.15) is 12.0 Å². The molecule has 5 aromatic rings. The van der Waals surface area contributed by atoms with Gasteiger partial charge in [0.2, 0.25) is 0 Å². The minimum atomic E-state index is -0.263. The third kappa shape index (κ3) is 4.08. The van der Waals surface area contributed by atoms with E-state index in [-0.39, 0.29) is 25.3 Å². The highest BCUT2D eigenvalue weighted by Crippen LogP contribution is 2.21. The second-order valence-electron chi connectivity index (χ2n) is 9.19. The van der Waals surface area contributed by atoms with Crippen LogP contribution in [0.15, 0.2) is 47.8 Å². The van der Waals surface area contributed by atoms with Gasteiger partial charge in [0.25, 0.3) is 0 Å². The number of pyridine rings is 1. The molecule has 0 radical (unpaired) electrons. The molecule has 10 nitrogen and oxygen atoms in total. The lowest BCUT2D eigenvalue weighted by Crippen LogP contribution is -2.44. The van der Waals surface area contributed by atoms with Crippen LogP contribution in [0, 0.1) is 0 Å². The molecule has 0 unspecified atom stereocenters. The van der Waals surface area contributed by atoms with Gasteiger partial charge in [0, 0.05) is 38.3 Å². The number of ether oxygens (including phenoxy) is 1. The van der Waals surface area contributed by atoms with Crippen molar-refractivity contribution in [2.75, 3.05) is 13.1 Å². The Bertz CT molecular complexity index is 1570. The van der Waals surface area contributed by atoms with Crippen LogP contribution in [0.3, 0.4) is 0 Å². The quantitative estimate of drug-likeness (QED) is 0.395. The van der Waals surface area contributed by atoms with Crippen LogP contribution < -0.4 is 5.69 Å². The average molecular weight is 475 g/mol. The molecule has 1 fully saturated rings. The molecule has 35 heavy (non-hydrogen) atoms. The van der Waals surface area contributed by atoms with E-state index in [9.17, 15) is 4.79 Å². The second-order valence-corrected chi connectivity index (χ2v) is 9.19. The molecular weight excluding hydrogens is 444 g/mol. The van der Waals surface area contributed by atoms with E-state index < -0.39 is 0 Å². The summed E-state index contributed by atoms with van der Waals surface area (Å²) < 4.78 is 10.7. The summed E-state index contributed by atoms with van der Waals surface area (Å²) in [6, 6.07) is 8.18. The van der Waals surface area contributed by atoms with Crippen LogP contribution in [0.2, 0.25) is 0 Å². The summed E-state index contributed by atoms with van der Waals surface area (Å²) in [6.07, 6.45) is 5.51. The number of rotatable bonds is 4. The summed E-state index contributed by atoms with van der Waals surface area (Å²) >= 11 is 0. The topological polar surface area (TPSA) is 95.4 Å². The van der Waals surface area contributed by atoms with Crippen LogP contribution in [0.1, 0.15) is 32.4 Å². The first-order valence-corrected chi connectivity index (χ1v) is 11.5. The molecule has 10 heteroatoms. The van der Waals surface area contributed by atoms with Crippen molar-refractivity contribution in [3.8, 4) is 0 Å². The van der Waals surface area contributed by atoms with Crippen LogP contribution in [-0.2, 0) is 24.9 Å². The van der Waals surface area contributed by atoms with E-state index in [0.29, 0.717) is 17.8 Å². The fourth-order valence-corrected chi connectivity index (χ4v) is 5.02. The number of nitrogens with zero attached hydrogens (tertiary/aromatic N) is 8. The summed E-state index contributed by atoms with van der Waals surface area (Å²) in [7, 11) is 1.91. The molecule has 0 saturated carbocycles. The largest absolute Gasteiger partial charge is 0.373 e. The van der Waals surface area contributed by atoms with Crippen molar-refractivity contribution < 1.29 is 4.74 Å². The third-order valence-corrected chi connectivity index (χ3v) is 6.44. The number of hydrogen-bond acceptors (Lipinski definition) is 7. The predicted octanol–water partition coefficient (Wildman–Crippen LogP) is 2.62. The molecule has 1 aromatic carbocycles. The normalized spacial score (nSPS) is 18.9. The highest BCUT2D eigenvalue weighted by atomic mass is 16.5. The Labute approximate surface area is 202 Å². The molecule has 6 rings (SSSR count). The summed E-state index contributed by atoms with van der Waals surface area (Å²) in [5.74, 6) is 0. The molecule has 1 aliphatic heterocycles. The standard InChI is InChI=1S/C24H26N8O2.CH4/c1-15-10-30(11-16(2)34-15)12-18-6-20-22(25-8-18)31(24(33)32-23(20)26-14-28-32)13-17-4-5-19-9-27-29(3)21(19)7-17;/h4-9,14-16H,10-13H2,1-3H3;1H4/t15-,16+;. The first-order chi connectivity index (χ1) is 16.5. The lowest BCUT2D eigenvalue weighted by molar-refractivity contribution is -0.0705. The first-order valence-electron chi connectivity index (χ1n) is 11.5. The Hall–Kier alpha value is -3.63. The molecule has 2 atom stereocenters. The zero-order valence-corrected chi connectivity index (χ0v) is 19.4. The highest BCUT2D eigenvalue weighted by Gasteiger charge is 2.23. The summed E-state index contributed by atoms with van der Waals surface area (Å²) in [4.78, 5) is 24.8. The van der Waals surface area contributed by atoms with Gasteiger partial charge in [-0.2, -0.15) is 14.7 Å². The molecule has 0 amide bonds. The Kier molecular flexibility index (Phi) is 5.86. The van der Waals surface area contributed by atoms with Crippen molar-refractivity contribution >= 4 is 27.6 Å². The first kappa shape index (κ1) is 23.1. The van der Waals surface area contributed by atoms with E-state index in [0.717, 1.165) is 47.1 Å². The summed E-state index contributed by atoms with van der Waals surface area (Å²) in [5.41, 5.74) is 3.93. The van der Waals surface area contributed by atoms with E-state index >= 15 is 0 Å². The fourth-order valence-electron chi connectivity index (χ4n) is 5.02. The lowest BCUT2D eigenvalue weighted by Gasteiger charge is -2.35. The molecule has 1 saturated heterocycles. The van der Waals surface area contributed by atoms with E-state index in [1.165, 1.54) is 10.8 Å². The van der Waals surface area contributed by atoms with Crippen molar-refractivity contribution in [2.45, 2.75) is 46.6 Å². The number of aryl methyl sites for hydroxylation is 1. The molecule has 0 aliphatic carbocycles. The number of hydrogen-bond donors (Lipinski definition) is 0. The van der Waals surface area contributed by atoms with Gasteiger partial charge in [0.05, 0.1) is 35.9 Å². The Balaban J connectivity index is 0.00000253. The van der Waals surface area contributed by atoms with Crippen molar-refractivity contribution in [3.05, 3.63) is 64.6 Å². The number of aromatic nitrogens is 7. The van der Waals surface area contributed by atoms with Crippen LogP contribution >= 0.6 is 0 Å². The number of benzene rings is 1. The van der Waals surface area contributed by atoms with Crippen molar-refractivity contribution in [1.29, 1.82) is 0 Å². The van der Waals surface area contributed by atoms with Gasteiger partial charge >= 0.3 is 5.69 Å². The monoisotopic (exact) mass is 474 g/mol. The Morgan fingerprint density at radius 1 is 0.971 bits per heavy atom. The van der Waals surface area contributed by atoms with Gasteiger partial charge in [-0.3, -0.25) is 14.1 Å². The molecule has 5 heterocycles. The second kappa shape index (κ2) is 8.86. The average Bonchev–Trinajstić information content (AvgIpc) is 3.44. The maximum absolute atomic E-state index is 13.3. The smallest absolute Gasteiger partial charge is 0.352 e.